The Morgan fingerprint density at radius 3 is 1.68 bits per heavy atom. The van der Waals surface area contributed by atoms with Crippen LogP contribution in [0, 0.1) is 5.92 Å². The van der Waals surface area contributed by atoms with Crippen LogP contribution < -0.4 is 0 Å². The second-order valence-electron chi connectivity index (χ2n) is 10.6. The molecule has 0 saturated heterocycles. The van der Waals surface area contributed by atoms with Gasteiger partial charge in [0, 0.05) is 6.61 Å². The van der Waals surface area contributed by atoms with E-state index in [1.807, 2.05) is 6.07 Å². The van der Waals surface area contributed by atoms with Crippen LogP contribution >= 0.6 is 0 Å². The van der Waals surface area contributed by atoms with E-state index in [4.69, 9.17) is 9.47 Å². The van der Waals surface area contributed by atoms with Gasteiger partial charge in [-0.25, -0.2) is 4.39 Å². The minimum atomic E-state index is -0.619. The molecule has 0 fully saturated rings. The minimum Gasteiger partial charge on any atom is -0.379 e. The Labute approximate surface area is 211 Å². The highest BCUT2D eigenvalue weighted by molar-refractivity contribution is 5.13. The Balaban J connectivity index is 1.86. The quantitative estimate of drug-likeness (QED) is 0.138. The molecule has 2 unspecified atom stereocenters. The number of hydrogen-bond acceptors (Lipinski definition) is 2. The van der Waals surface area contributed by atoms with Crippen molar-refractivity contribution < 1.29 is 13.9 Å². The first kappa shape index (κ1) is 31.1. The molecule has 198 valence electrons. The average Bonchev–Trinajstić information content (AvgIpc) is 2.81. The van der Waals surface area contributed by atoms with E-state index in [2.05, 4.69) is 38.1 Å². The van der Waals surface area contributed by atoms with E-state index in [-0.39, 0.29) is 6.10 Å². The van der Waals surface area contributed by atoms with Crippen molar-refractivity contribution in [3.05, 3.63) is 35.9 Å². The Morgan fingerprint density at radius 2 is 1.18 bits per heavy atom. The fourth-order valence-electron chi connectivity index (χ4n) is 4.46. The van der Waals surface area contributed by atoms with Gasteiger partial charge < -0.3 is 9.47 Å². The predicted octanol–water partition coefficient (Wildman–Crippen LogP) is 9.84. The van der Waals surface area contributed by atoms with Gasteiger partial charge in [0.25, 0.3) is 0 Å². The number of alkyl halides is 1. The van der Waals surface area contributed by atoms with Crippen molar-refractivity contribution in [2.24, 2.45) is 5.92 Å². The summed E-state index contributed by atoms with van der Waals surface area (Å²) in [6.07, 6.45) is 19.7. The number of unbranched alkanes of at least 4 members (excludes halogenated alkanes) is 13. The van der Waals surface area contributed by atoms with Crippen LogP contribution in [0.15, 0.2) is 30.3 Å². The maximum Gasteiger partial charge on any atom is 0.0973 e. The van der Waals surface area contributed by atoms with Gasteiger partial charge in [-0.15, -0.1) is 0 Å². The van der Waals surface area contributed by atoms with Crippen LogP contribution in [0.2, 0.25) is 0 Å². The molecule has 1 aromatic carbocycles. The van der Waals surface area contributed by atoms with Crippen molar-refractivity contribution in [3.8, 4) is 0 Å². The molecule has 0 amide bonds. The molecule has 34 heavy (non-hydrogen) atoms. The summed E-state index contributed by atoms with van der Waals surface area (Å²) in [4.78, 5) is 0. The number of ether oxygens (including phenoxy) is 2. The normalized spacial score (nSPS) is 13.4. The van der Waals surface area contributed by atoms with Gasteiger partial charge in [0.2, 0.25) is 0 Å². The molecule has 0 heterocycles. The van der Waals surface area contributed by atoms with Crippen LogP contribution in [0.4, 0.5) is 4.39 Å². The number of rotatable bonds is 24. The molecular formula is C31H55FO2. The molecule has 0 saturated carbocycles. The Kier molecular flexibility index (Phi) is 20.6. The summed E-state index contributed by atoms with van der Waals surface area (Å²) in [7, 11) is 0. The lowest BCUT2D eigenvalue weighted by molar-refractivity contribution is -0.0346. The molecular weight excluding hydrogens is 423 g/mol. The Hall–Kier alpha value is -0.930. The smallest absolute Gasteiger partial charge is 0.0973 e. The highest BCUT2D eigenvalue weighted by atomic mass is 19.1. The van der Waals surface area contributed by atoms with Gasteiger partial charge in [0.15, 0.2) is 0 Å². The average molecular weight is 479 g/mol. The predicted molar refractivity (Wildman–Crippen MR) is 145 cm³/mol. The minimum absolute atomic E-state index is 0.186. The van der Waals surface area contributed by atoms with E-state index in [1.165, 1.54) is 82.6 Å². The molecule has 0 N–H and O–H groups in total. The molecule has 0 aromatic heterocycles. The van der Waals surface area contributed by atoms with Gasteiger partial charge in [-0.2, -0.15) is 0 Å². The van der Waals surface area contributed by atoms with Crippen molar-refractivity contribution >= 4 is 0 Å². The van der Waals surface area contributed by atoms with Crippen LogP contribution in [-0.4, -0.2) is 25.5 Å². The fourth-order valence-corrected chi connectivity index (χ4v) is 4.46. The molecule has 1 rings (SSSR count). The first-order chi connectivity index (χ1) is 16.6. The zero-order chi connectivity index (χ0) is 24.7. The number of benzene rings is 1. The third-order valence-corrected chi connectivity index (χ3v) is 6.51. The van der Waals surface area contributed by atoms with Crippen molar-refractivity contribution in [2.45, 2.75) is 142 Å². The fraction of sp³-hybridized carbons (Fsp3) is 0.806. The Morgan fingerprint density at radius 1 is 0.676 bits per heavy atom. The van der Waals surface area contributed by atoms with Crippen molar-refractivity contribution in [1.82, 2.24) is 0 Å². The third-order valence-electron chi connectivity index (χ3n) is 6.51. The lowest BCUT2D eigenvalue weighted by Crippen LogP contribution is -2.22. The van der Waals surface area contributed by atoms with Crippen molar-refractivity contribution in [3.63, 3.8) is 0 Å². The molecule has 2 atom stereocenters. The van der Waals surface area contributed by atoms with Crippen LogP contribution in [0.3, 0.4) is 0 Å². The van der Waals surface area contributed by atoms with Gasteiger partial charge in [-0.3, -0.25) is 0 Å². The summed E-state index contributed by atoms with van der Waals surface area (Å²) in [5, 5.41) is 0. The second kappa shape index (κ2) is 22.5. The third kappa shape index (κ3) is 20.4. The van der Waals surface area contributed by atoms with Gasteiger partial charge in [-0.05, 0) is 37.7 Å². The molecule has 2 nitrogen and oxygen atoms in total. The van der Waals surface area contributed by atoms with Crippen LogP contribution in [0.1, 0.15) is 129 Å². The molecule has 0 radical (unpaired) electrons. The first-order valence-corrected chi connectivity index (χ1v) is 14.4. The molecule has 0 aliphatic heterocycles. The molecule has 1 aromatic rings. The SMILES string of the molecule is CC(C)CC(COCCCCCCCCCCCCCCCCC(C)F)OCc1ccccc1. The lowest BCUT2D eigenvalue weighted by Gasteiger charge is -2.20. The van der Waals surface area contributed by atoms with Crippen LogP contribution in [-0.2, 0) is 16.1 Å². The summed E-state index contributed by atoms with van der Waals surface area (Å²) >= 11 is 0. The standard InChI is InChI=1S/C31H55FO2/c1-28(2)25-31(34-26-30-22-18-16-19-23-30)27-33-24-20-15-13-11-9-7-5-4-6-8-10-12-14-17-21-29(3)32/h16,18-19,22-23,28-29,31H,4-15,17,20-21,24-27H2,1-3H3. The summed E-state index contributed by atoms with van der Waals surface area (Å²) in [5.41, 5.74) is 1.23. The van der Waals surface area contributed by atoms with E-state index in [9.17, 15) is 4.39 Å². The summed E-state index contributed by atoms with van der Waals surface area (Å²) in [6, 6.07) is 10.4. The van der Waals surface area contributed by atoms with E-state index < -0.39 is 6.17 Å². The van der Waals surface area contributed by atoms with Crippen LogP contribution in [0.25, 0.3) is 0 Å². The van der Waals surface area contributed by atoms with Gasteiger partial charge in [-0.1, -0.05) is 128 Å². The molecule has 0 spiro atoms. The van der Waals surface area contributed by atoms with Gasteiger partial charge in [0.05, 0.1) is 25.5 Å². The van der Waals surface area contributed by atoms with Crippen LogP contribution in [0.5, 0.6) is 0 Å². The highest BCUT2D eigenvalue weighted by Crippen LogP contribution is 2.15. The monoisotopic (exact) mass is 478 g/mol. The first-order valence-electron chi connectivity index (χ1n) is 14.4. The van der Waals surface area contributed by atoms with E-state index in [0.29, 0.717) is 19.1 Å². The Bertz CT molecular complexity index is 531. The van der Waals surface area contributed by atoms with Crippen molar-refractivity contribution in [1.29, 1.82) is 0 Å². The second-order valence-corrected chi connectivity index (χ2v) is 10.6. The molecule has 0 bridgehead atoms. The zero-order valence-electron chi connectivity index (χ0n) is 22.7. The van der Waals surface area contributed by atoms with Crippen molar-refractivity contribution in [2.75, 3.05) is 13.2 Å². The largest absolute Gasteiger partial charge is 0.379 e. The number of halogens is 1. The van der Waals surface area contributed by atoms with E-state index >= 15 is 0 Å². The molecule has 0 aliphatic rings. The lowest BCUT2D eigenvalue weighted by atomic mass is 10.0. The van der Waals surface area contributed by atoms with E-state index in [1.54, 1.807) is 6.92 Å². The maximum atomic E-state index is 12.7. The molecule has 3 heteroatoms. The maximum absolute atomic E-state index is 12.7. The summed E-state index contributed by atoms with van der Waals surface area (Å²) in [6.45, 7) is 8.40. The van der Waals surface area contributed by atoms with E-state index in [0.717, 1.165) is 32.3 Å². The van der Waals surface area contributed by atoms with Gasteiger partial charge in [0.1, 0.15) is 0 Å². The highest BCUT2D eigenvalue weighted by Gasteiger charge is 2.12. The number of hydrogen-bond donors (Lipinski definition) is 0. The topological polar surface area (TPSA) is 18.5 Å². The summed E-state index contributed by atoms with van der Waals surface area (Å²) < 4.78 is 24.8. The van der Waals surface area contributed by atoms with Gasteiger partial charge >= 0.3 is 0 Å². The summed E-state index contributed by atoms with van der Waals surface area (Å²) in [5.74, 6) is 0.617. The molecule has 0 aliphatic carbocycles. The zero-order valence-corrected chi connectivity index (χ0v) is 22.7.